The second-order valence-electron chi connectivity index (χ2n) is 4.89. The van der Waals surface area contributed by atoms with Crippen LogP contribution in [0.1, 0.15) is 31.4 Å². The van der Waals surface area contributed by atoms with E-state index in [1.165, 1.54) is 11.1 Å². The molecule has 2 nitrogen and oxygen atoms in total. The van der Waals surface area contributed by atoms with Crippen molar-refractivity contribution in [1.82, 2.24) is 5.32 Å². The first kappa shape index (κ1) is 14.6. The molecule has 106 valence electrons. The van der Waals surface area contributed by atoms with E-state index in [2.05, 4.69) is 43.4 Å². The minimum Gasteiger partial charge on any atom is -0.457 e. The van der Waals surface area contributed by atoms with Gasteiger partial charge < -0.3 is 10.1 Å². The number of rotatable bonds is 7. The number of para-hydroxylation sites is 1. The molecule has 0 radical (unpaired) electrons. The van der Waals surface area contributed by atoms with Crippen LogP contribution in [-0.2, 0) is 13.0 Å². The molecular formula is C18H23NO. The maximum Gasteiger partial charge on any atom is 0.131 e. The van der Waals surface area contributed by atoms with Crippen molar-refractivity contribution in [3.05, 3.63) is 59.7 Å². The summed E-state index contributed by atoms with van der Waals surface area (Å²) in [6.45, 7) is 6.20. The highest BCUT2D eigenvalue weighted by Gasteiger charge is 2.04. The van der Waals surface area contributed by atoms with E-state index >= 15 is 0 Å². The predicted octanol–water partition coefficient (Wildman–Crippen LogP) is 4.54. The fourth-order valence-electron chi connectivity index (χ4n) is 2.11. The van der Waals surface area contributed by atoms with Gasteiger partial charge in [0.1, 0.15) is 11.5 Å². The Morgan fingerprint density at radius 3 is 2.65 bits per heavy atom. The van der Waals surface area contributed by atoms with Gasteiger partial charge in [-0.25, -0.2) is 0 Å². The van der Waals surface area contributed by atoms with Crippen LogP contribution < -0.4 is 10.1 Å². The topological polar surface area (TPSA) is 21.3 Å². The zero-order valence-corrected chi connectivity index (χ0v) is 12.4. The Morgan fingerprint density at radius 1 is 1.00 bits per heavy atom. The van der Waals surface area contributed by atoms with Gasteiger partial charge in [-0.15, -0.1) is 0 Å². The van der Waals surface area contributed by atoms with E-state index in [4.69, 9.17) is 4.74 Å². The summed E-state index contributed by atoms with van der Waals surface area (Å²) in [4.78, 5) is 0. The average Bonchev–Trinajstić information content (AvgIpc) is 2.49. The second-order valence-corrected chi connectivity index (χ2v) is 4.89. The van der Waals surface area contributed by atoms with Gasteiger partial charge in [0.15, 0.2) is 0 Å². The molecule has 2 aromatic rings. The summed E-state index contributed by atoms with van der Waals surface area (Å²) in [5, 5.41) is 3.42. The monoisotopic (exact) mass is 269 g/mol. The standard InChI is InChI=1S/C18H23NO/c1-3-12-19-14-16-9-5-6-11-18(16)20-17-10-7-8-15(4-2)13-17/h5-11,13,19H,3-4,12,14H2,1-2H3. The van der Waals surface area contributed by atoms with E-state index in [0.29, 0.717) is 0 Å². The van der Waals surface area contributed by atoms with Gasteiger partial charge >= 0.3 is 0 Å². The summed E-state index contributed by atoms with van der Waals surface area (Å²) in [6, 6.07) is 16.5. The van der Waals surface area contributed by atoms with Crippen molar-refractivity contribution in [2.24, 2.45) is 0 Å². The molecule has 0 fully saturated rings. The largest absolute Gasteiger partial charge is 0.457 e. The lowest BCUT2D eigenvalue weighted by Crippen LogP contribution is -2.14. The third-order valence-electron chi connectivity index (χ3n) is 3.25. The summed E-state index contributed by atoms with van der Waals surface area (Å²) in [5.41, 5.74) is 2.49. The first-order chi connectivity index (χ1) is 9.83. The fourth-order valence-corrected chi connectivity index (χ4v) is 2.11. The van der Waals surface area contributed by atoms with Crippen molar-refractivity contribution < 1.29 is 4.74 Å². The number of nitrogens with one attached hydrogen (secondary N) is 1. The third kappa shape index (κ3) is 4.10. The molecule has 2 aromatic carbocycles. The SMILES string of the molecule is CCCNCc1ccccc1Oc1cccc(CC)c1. The number of aryl methyl sites for hydroxylation is 1. The quantitative estimate of drug-likeness (QED) is 0.745. The summed E-state index contributed by atoms with van der Waals surface area (Å²) in [7, 11) is 0. The minimum absolute atomic E-state index is 0.845. The average molecular weight is 269 g/mol. The molecule has 0 atom stereocenters. The van der Waals surface area contributed by atoms with Crippen molar-refractivity contribution in [3.63, 3.8) is 0 Å². The molecule has 0 saturated heterocycles. The molecule has 0 spiro atoms. The minimum atomic E-state index is 0.845. The van der Waals surface area contributed by atoms with Gasteiger partial charge in [0.25, 0.3) is 0 Å². The lowest BCUT2D eigenvalue weighted by atomic mass is 10.1. The van der Waals surface area contributed by atoms with Crippen LogP contribution in [0, 0.1) is 0 Å². The fraction of sp³-hybridized carbons (Fsp3) is 0.333. The van der Waals surface area contributed by atoms with Gasteiger partial charge in [-0.3, -0.25) is 0 Å². The molecule has 1 N–H and O–H groups in total. The highest BCUT2D eigenvalue weighted by atomic mass is 16.5. The van der Waals surface area contributed by atoms with Crippen LogP contribution in [0.25, 0.3) is 0 Å². The summed E-state index contributed by atoms with van der Waals surface area (Å²) >= 11 is 0. The maximum absolute atomic E-state index is 6.04. The van der Waals surface area contributed by atoms with Crippen LogP contribution in [0.3, 0.4) is 0 Å². The first-order valence-corrected chi connectivity index (χ1v) is 7.39. The van der Waals surface area contributed by atoms with E-state index in [9.17, 15) is 0 Å². The smallest absolute Gasteiger partial charge is 0.131 e. The van der Waals surface area contributed by atoms with Crippen LogP contribution in [-0.4, -0.2) is 6.54 Å². The zero-order chi connectivity index (χ0) is 14.2. The van der Waals surface area contributed by atoms with Crippen LogP contribution in [0.4, 0.5) is 0 Å². The Kier molecular flexibility index (Phi) is 5.63. The Labute approximate surface area is 121 Å². The van der Waals surface area contributed by atoms with Crippen molar-refractivity contribution in [2.45, 2.75) is 33.2 Å². The van der Waals surface area contributed by atoms with Gasteiger partial charge in [-0.1, -0.05) is 44.2 Å². The van der Waals surface area contributed by atoms with Gasteiger partial charge in [-0.2, -0.15) is 0 Å². The highest BCUT2D eigenvalue weighted by Crippen LogP contribution is 2.26. The molecule has 0 amide bonds. The molecule has 2 heteroatoms. The van der Waals surface area contributed by atoms with Crippen molar-refractivity contribution in [1.29, 1.82) is 0 Å². The van der Waals surface area contributed by atoms with Gasteiger partial charge in [0.05, 0.1) is 0 Å². The molecule has 0 unspecified atom stereocenters. The van der Waals surface area contributed by atoms with Crippen LogP contribution in [0.5, 0.6) is 11.5 Å². The summed E-state index contributed by atoms with van der Waals surface area (Å²) in [5.74, 6) is 1.84. The maximum atomic E-state index is 6.04. The van der Waals surface area contributed by atoms with Crippen molar-refractivity contribution in [2.75, 3.05) is 6.54 Å². The molecule has 0 heterocycles. The van der Waals surface area contributed by atoms with Crippen LogP contribution in [0.2, 0.25) is 0 Å². The second kappa shape index (κ2) is 7.71. The molecule has 20 heavy (non-hydrogen) atoms. The van der Waals surface area contributed by atoms with E-state index in [1.807, 2.05) is 24.3 Å². The van der Waals surface area contributed by atoms with E-state index in [0.717, 1.165) is 37.4 Å². The van der Waals surface area contributed by atoms with Crippen molar-refractivity contribution in [3.8, 4) is 11.5 Å². The number of hydrogen-bond donors (Lipinski definition) is 1. The molecule has 0 aliphatic rings. The third-order valence-corrected chi connectivity index (χ3v) is 3.25. The van der Waals surface area contributed by atoms with Gasteiger partial charge in [0.2, 0.25) is 0 Å². The molecule has 2 rings (SSSR count). The molecule has 0 aromatic heterocycles. The van der Waals surface area contributed by atoms with Gasteiger partial charge in [0, 0.05) is 12.1 Å². The summed E-state index contributed by atoms with van der Waals surface area (Å²) < 4.78 is 6.04. The van der Waals surface area contributed by atoms with Crippen LogP contribution in [0.15, 0.2) is 48.5 Å². The molecule has 0 aliphatic heterocycles. The first-order valence-electron chi connectivity index (χ1n) is 7.39. The molecule has 0 aliphatic carbocycles. The Hall–Kier alpha value is -1.80. The van der Waals surface area contributed by atoms with Crippen molar-refractivity contribution >= 4 is 0 Å². The Balaban J connectivity index is 2.11. The lowest BCUT2D eigenvalue weighted by molar-refractivity contribution is 0.472. The number of ether oxygens (including phenoxy) is 1. The summed E-state index contributed by atoms with van der Waals surface area (Å²) in [6.07, 6.45) is 2.17. The molecule has 0 saturated carbocycles. The van der Waals surface area contributed by atoms with E-state index in [1.54, 1.807) is 0 Å². The molecule has 0 bridgehead atoms. The van der Waals surface area contributed by atoms with E-state index in [-0.39, 0.29) is 0 Å². The lowest BCUT2D eigenvalue weighted by Gasteiger charge is -2.12. The zero-order valence-electron chi connectivity index (χ0n) is 12.4. The van der Waals surface area contributed by atoms with Crippen LogP contribution >= 0.6 is 0 Å². The van der Waals surface area contributed by atoms with E-state index < -0.39 is 0 Å². The Bertz CT molecular complexity index is 536. The number of hydrogen-bond acceptors (Lipinski definition) is 2. The predicted molar refractivity (Wildman–Crippen MR) is 84.3 cm³/mol. The Morgan fingerprint density at radius 2 is 1.85 bits per heavy atom. The van der Waals surface area contributed by atoms with Gasteiger partial charge in [-0.05, 0) is 43.1 Å². The molecular weight excluding hydrogens is 246 g/mol. The normalized spacial score (nSPS) is 10.5. The number of benzene rings is 2. The highest BCUT2D eigenvalue weighted by molar-refractivity contribution is 5.39.